The van der Waals surface area contributed by atoms with Gasteiger partial charge in [-0.2, -0.15) is 13.2 Å². The van der Waals surface area contributed by atoms with Crippen molar-refractivity contribution in [3.05, 3.63) is 47.6 Å². The summed E-state index contributed by atoms with van der Waals surface area (Å²) in [4.78, 5) is 11.7. The Morgan fingerprint density at radius 3 is 2.72 bits per heavy atom. The van der Waals surface area contributed by atoms with Gasteiger partial charge in [0.1, 0.15) is 17.0 Å². The molecule has 2 aromatic heterocycles. The molecular formula is C21H21F3N4S. The molecule has 1 N–H and O–H groups in total. The van der Waals surface area contributed by atoms with E-state index >= 15 is 0 Å². The Labute approximate surface area is 170 Å². The van der Waals surface area contributed by atoms with E-state index in [0.717, 1.165) is 60.6 Å². The molecule has 0 bridgehead atoms. The smallest absolute Gasteiger partial charge is 0.382 e. The van der Waals surface area contributed by atoms with E-state index in [4.69, 9.17) is 0 Å². The maximum absolute atomic E-state index is 12.8. The summed E-state index contributed by atoms with van der Waals surface area (Å²) in [6.45, 7) is 1.80. The van der Waals surface area contributed by atoms with Crippen LogP contribution < -0.4 is 10.2 Å². The number of nitrogens with one attached hydrogen (secondary N) is 1. The second-order valence-electron chi connectivity index (χ2n) is 8.23. The molecule has 1 spiro atoms. The van der Waals surface area contributed by atoms with E-state index in [2.05, 4.69) is 32.3 Å². The van der Waals surface area contributed by atoms with E-state index in [1.807, 2.05) is 18.2 Å². The Kier molecular flexibility index (Phi) is 4.42. The van der Waals surface area contributed by atoms with Crippen molar-refractivity contribution < 1.29 is 13.2 Å². The topological polar surface area (TPSA) is 41.0 Å². The summed E-state index contributed by atoms with van der Waals surface area (Å²) >= 11 is 1.11. The molecule has 1 aliphatic carbocycles. The average Bonchev–Trinajstić information content (AvgIpc) is 3.23. The van der Waals surface area contributed by atoms with Gasteiger partial charge < -0.3 is 10.2 Å². The molecule has 5 rings (SSSR count). The first kappa shape index (κ1) is 18.7. The highest BCUT2D eigenvalue weighted by molar-refractivity contribution is 7.18. The van der Waals surface area contributed by atoms with Gasteiger partial charge in [0.25, 0.3) is 0 Å². The van der Waals surface area contributed by atoms with Gasteiger partial charge in [0.05, 0.1) is 11.8 Å². The third-order valence-corrected chi connectivity index (χ3v) is 6.98. The molecule has 3 heterocycles. The number of halogens is 3. The number of thiophene rings is 1. The second kappa shape index (κ2) is 6.86. The van der Waals surface area contributed by atoms with Crippen LogP contribution in [0.1, 0.15) is 24.1 Å². The molecule has 3 aromatic rings. The van der Waals surface area contributed by atoms with Gasteiger partial charge in [-0.1, -0.05) is 18.2 Å². The van der Waals surface area contributed by atoms with Crippen molar-refractivity contribution in [2.24, 2.45) is 5.41 Å². The molecule has 2 fully saturated rings. The molecule has 2 aliphatic rings. The van der Waals surface area contributed by atoms with Crippen molar-refractivity contribution >= 4 is 33.1 Å². The van der Waals surface area contributed by atoms with Gasteiger partial charge in [-0.15, -0.1) is 11.3 Å². The van der Waals surface area contributed by atoms with Crippen LogP contribution in [0, 0.1) is 5.41 Å². The lowest BCUT2D eigenvalue weighted by Crippen LogP contribution is -2.56. The number of hydrogen-bond acceptors (Lipinski definition) is 5. The standard InChI is InChI=1S/C21H21F3N4S/c22-21(23,24)10-16-8-17-18(25-13-26-19(17)29-16)28-11-20(12-28)7-6-15(9-20)27-14-4-2-1-3-5-14/h1-5,8,13,15,27H,6-7,9-12H2. The molecule has 1 aromatic carbocycles. The highest BCUT2D eigenvalue weighted by Gasteiger charge is 2.48. The predicted molar refractivity (Wildman–Crippen MR) is 110 cm³/mol. The lowest BCUT2D eigenvalue weighted by atomic mass is 9.78. The van der Waals surface area contributed by atoms with E-state index in [9.17, 15) is 13.2 Å². The van der Waals surface area contributed by atoms with Gasteiger partial charge in [0.2, 0.25) is 0 Å². The van der Waals surface area contributed by atoms with Crippen molar-refractivity contribution in [2.45, 2.75) is 37.9 Å². The highest BCUT2D eigenvalue weighted by atomic mass is 32.1. The zero-order valence-corrected chi connectivity index (χ0v) is 16.6. The minimum Gasteiger partial charge on any atom is -0.382 e. The molecule has 4 nitrogen and oxygen atoms in total. The first-order valence-electron chi connectivity index (χ1n) is 9.76. The molecule has 1 saturated carbocycles. The minimum atomic E-state index is -4.21. The van der Waals surface area contributed by atoms with Gasteiger partial charge in [-0.25, -0.2) is 9.97 Å². The van der Waals surface area contributed by atoms with Crippen molar-refractivity contribution in [1.82, 2.24) is 9.97 Å². The SMILES string of the molecule is FC(F)(F)Cc1cc2c(N3CC4(CCC(Nc5ccccc5)C4)C3)ncnc2s1. The summed E-state index contributed by atoms with van der Waals surface area (Å²) in [6, 6.07) is 12.3. The summed E-state index contributed by atoms with van der Waals surface area (Å²) in [5, 5.41) is 4.36. The number of benzene rings is 1. The largest absolute Gasteiger partial charge is 0.393 e. The number of fused-ring (bicyclic) bond motifs is 1. The van der Waals surface area contributed by atoms with Gasteiger partial charge in [-0.3, -0.25) is 0 Å². The lowest BCUT2D eigenvalue weighted by Gasteiger charge is -2.49. The number of para-hydroxylation sites is 1. The van der Waals surface area contributed by atoms with Crippen LogP contribution in [-0.4, -0.2) is 35.3 Å². The molecule has 152 valence electrons. The van der Waals surface area contributed by atoms with E-state index in [0.29, 0.717) is 10.9 Å². The summed E-state index contributed by atoms with van der Waals surface area (Å²) in [5.74, 6) is 0.768. The number of hydrogen-bond donors (Lipinski definition) is 1. The van der Waals surface area contributed by atoms with E-state index < -0.39 is 12.6 Å². The van der Waals surface area contributed by atoms with Crippen LogP contribution in [0.4, 0.5) is 24.7 Å². The first-order chi connectivity index (χ1) is 13.9. The van der Waals surface area contributed by atoms with E-state index in [1.54, 1.807) is 6.07 Å². The number of alkyl halides is 3. The summed E-state index contributed by atoms with van der Waals surface area (Å²) in [7, 11) is 0. The summed E-state index contributed by atoms with van der Waals surface area (Å²) < 4.78 is 38.3. The Morgan fingerprint density at radius 2 is 1.97 bits per heavy atom. The van der Waals surface area contributed by atoms with E-state index in [-0.39, 0.29) is 10.3 Å². The fourth-order valence-corrected chi connectivity index (χ4v) is 5.75. The molecule has 1 saturated heterocycles. The van der Waals surface area contributed by atoms with Crippen molar-refractivity contribution in [3.63, 3.8) is 0 Å². The van der Waals surface area contributed by atoms with Crippen LogP contribution in [0.15, 0.2) is 42.7 Å². The van der Waals surface area contributed by atoms with Crippen LogP contribution in [0.25, 0.3) is 10.2 Å². The molecule has 0 radical (unpaired) electrons. The average molecular weight is 418 g/mol. The molecule has 1 unspecified atom stereocenters. The molecular weight excluding hydrogens is 397 g/mol. The quantitative estimate of drug-likeness (QED) is 0.627. The van der Waals surface area contributed by atoms with E-state index in [1.165, 1.54) is 6.33 Å². The molecule has 29 heavy (non-hydrogen) atoms. The molecule has 0 amide bonds. The fraction of sp³-hybridized carbons (Fsp3) is 0.429. The third-order valence-electron chi connectivity index (χ3n) is 5.93. The zero-order valence-electron chi connectivity index (χ0n) is 15.7. The van der Waals surface area contributed by atoms with Crippen molar-refractivity contribution in [3.8, 4) is 0 Å². The maximum atomic E-state index is 12.8. The van der Waals surface area contributed by atoms with Crippen LogP contribution in [0.2, 0.25) is 0 Å². The van der Waals surface area contributed by atoms with Gasteiger partial charge in [0, 0.05) is 35.1 Å². The Hall–Kier alpha value is -2.35. The highest BCUT2D eigenvalue weighted by Crippen LogP contribution is 2.48. The van der Waals surface area contributed by atoms with Crippen LogP contribution in [0.3, 0.4) is 0 Å². The zero-order chi connectivity index (χ0) is 20.1. The first-order valence-corrected chi connectivity index (χ1v) is 10.6. The van der Waals surface area contributed by atoms with Gasteiger partial charge >= 0.3 is 6.18 Å². The summed E-state index contributed by atoms with van der Waals surface area (Å²) in [5.41, 5.74) is 1.42. The predicted octanol–water partition coefficient (Wildman–Crippen LogP) is 5.27. The van der Waals surface area contributed by atoms with Gasteiger partial charge in [0.15, 0.2) is 0 Å². The number of aromatic nitrogens is 2. The fourth-order valence-electron chi connectivity index (χ4n) is 4.73. The Balaban J connectivity index is 1.28. The minimum absolute atomic E-state index is 0.272. The van der Waals surface area contributed by atoms with Gasteiger partial charge in [-0.05, 0) is 37.5 Å². The molecule has 1 atom stereocenters. The van der Waals surface area contributed by atoms with Crippen LogP contribution in [0.5, 0.6) is 0 Å². The Bertz CT molecular complexity index is 1010. The van der Waals surface area contributed by atoms with Crippen molar-refractivity contribution in [1.29, 1.82) is 0 Å². The monoisotopic (exact) mass is 418 g/mol. The molecule has 1 aliphatic heterocycles. The van der Waals surface area contributed by atoms with Crippen molar-refractivity contribution in [2.75, 3.05) is 23.3 Å². The normalized spacial score (nSPS) is 20.9. The summed E-state index contributed by atoms with van der Waals surface area (Å²) in [6.07, 6.45) is -0.258. The molecule has 8 heteroatoms. The van der Waals surface area contributed by atoms with Crippen LogP contribution in [-0.2, 0) is 6.42 Å². The van der Waals surface area contributed by atoms with Crippen LogP contribution >= 0.6 is 11.3 Å². The third kappa shape index (κ3) is 3.77. The lowest BCUT2D eigenvalue weighted by molar-refractivity contribution is -0.126. The number of rotatable bonds is 4. The number of anilines is 2. The second-order valence-corrected chi connectivity index (χ2v) is 9.34. The Morgan fingerprint density at radius 1 is 1.17 bits per heavy atom. The maximum Gasteiger partial charge on any atom is 0.393 e. The number of nitrogens with zero attached hydrogens (tertiary/aromatic N) is 3.